The van der Waals surface area contributed by atoms with E-state index in [-0.39, 0.29) is 24.0 Å². The Labute approximate surface area is 165 Å². The first kappa shape index (κ1) is 19.4. The van der Waals surface area contributed by atoms with Crippen molar-refractivity contribution in [1.82, 2.24) is 5.32 Å². The Balaban J connectivity index is 1.57. The second-order valence-electron chi connectivity index (χ2n) is 5.79. The summed E-state index contributed by atoms with van der Waals surface area (Å²) in [6.07, 6.45) is 1.45. The lowest BCUT2D eigenvalue weighted by Gasteiger charge is -2.10. The molecule has 2 aromatic rings. The topological polar surface area (TPSA) is 112 Å². The van der Waals surface area contributed by atoms with E-state index in [2.05, 4.69) is 20.8 Å². The predicted octanol–water partition coefficient (Wildman–Crippen LogP) is 2.35. The molecule has 144 valence electrons. The Morgan fingerprint density at radius 2 is 2.14 bits per heavy atom. The van der Waals surface area contributed by atoms with Gasteiger partial charge in [-0.05, 0) is 29.8 Å². The Hall–Kier alpha value is -3.33. The lowest BCUT2D eigenvalue weighted by atomic mass is 10.2. The van der Waals surface area contributed by atoms with Crippen molar-refractivity contribution in [3.05, 3.63) is 54.1 Å². The lowest BCUT2D eigenvalue weighted by Crippen LogP contribution is -2.28. The monoisotopic (exact) mass is 398 g/mol. The maximum Gasteiger partial charge on any atom is 0.240 e. The highest BCUT2D eigenvalue weighted by molar-refractivity contribution is 8.15. The molecule has 8 nitrogen and oxygen atoms in total. The molecule has 1 atom stereocenters. The number of aromatic hydroxyl groups is 1. The van der Waals surface area contributed by atoms with Crippen molar-refractivity contribution >= 4 is 40.6 Å². The molecule has 0 unspecified atom stereocenters. The number of amides is 2. The van der Waals surface area contributed by atoms with Crippen molar-refractivity contribution in [3.8, 4) is 11.5 Å². The summed E-state index contributed by atoms with van der Waals surface area (Å²) in [6, 6.07) is 13.6. The summed E-state index contributed by atoms with van der Waals surface area (Å²) < 4.78 is 5.19. The van der Waals surface area contributed by atoms with Crippen LogP contribution < -0.4 is 15.4 Å². The molecular weight excluding hydrogens is 380 g/mol. The van der Waals surface area contributed by atoms with Crippen molar-refractivity contribution in [2.45, 2.75) is 11.7 Å². The SMILES string of the molecule is COc1ccccc1NC(=O)C[C@@H]1S/C(=N/N=C\c2cccc(O)c2)NC1=O. The van der Waals surface area contributed by atoms with Crippen molar-refractivity contribution in [2.75, 3.05) is 12.4 Å². The number of amidine groups is 1. The van der Waals surface area contributed by atoms with Crippen LogP contribution in [0, 0.1) is 0 Å². The first-order valence-electron chi connectivity index (χ1n) is 8.35. The molecule has 1 heterocycles. The number of phenols is 1. The highest BCUT2D eigenvalue weighted by Gasteiger charge is 2.32. The number of ether oxygens (including phenoxy) is 1. The number of rotatable bonds is 6. The first-order valence-corrected chi connectivity index (χ1v) is 9.23. The van der Waals surface area contributed by atoms with Gasteiger partial charge in [-0.25, -0.2) is 0 Å². The second kappa shape index (κ2) is 9.05. The molecule has 0 saturated carbocycles. The highest BCUT2D eigenvalue weighted by atomic mass is 32.2. The van der Waals surface area contributed by atoms with Gasteiger partial charge >= 0.3 is 0 Å². The molecule has 9 heteroatoms. The zero-order chi connectivity index (χ0) is 19.9. The molecule has 3 N–H and O–H groups in total. The number of phenolic OH excluding ortho intramolecular Hbond substituents is 1. The van der Waals surface area contributed by atoms with Gasteiger partial charge in [-0.3, -0.25) is 9.59 Å². The van der Waals surface area contributed by atoms with E-state index in [9.17, 15) is 14.7 Å². The normalized spacial score (nSPS) is 17.7. The quantitative estimate of drug-likeness (QED) is 0.511. The van der Waals surface area contributed by atoms with Gasteiger partial charge in [0, 0.05) is 6.42 Å². The Kier molecular flexibility index (Phi) is 6.28. The molecule has 2 amide bonds. The number of hydrogen-bond acceptors (Lipinski definition) is 7. The molecule has 0 spiro atoms. The molecule has 0 aliphatic carbocycles. The zero-order valence-corrected chi connectivity index (χ0v) is 15.8. The first-order chi connectivity index (χ1) is 13.5. The van der Waals surface area contributed by atoms with Crippen LogP contribution in [0.5, 0.6) is 11.5 Å². The maximum absolute atomic E-state index is 12.3. The number of carbonyl (C=O) groups is 2. The van der Waals surface area contributed by atoms with E-state index >= 15 is 0 Å². The third kappa shape index (κ3) is 5.10. The molecular formula is C19H18N4O4S. The third-order valence-electron chi connectivity index (χ3n) is 3.75. The molecule has 3 rings (SSSR count). The average Bonchev–Trinajstić information content (AvgIpc) is 3.01. The smallest absolute Gasteiger partial charge is 0.240 e. The van der Waals surface area contributed by atoms with Crippen LogP contribution in [-0.2, 0) is 9.59 Å². The van der Waals surface area contributed by atoms with E-state index in [1.165, 1.54) is 19.4 Å². The average molecular weight is 398 g/mol. The molecule has 1 fully saturated rings. The Bertz CT molecular complexity index is 945. The van der Waals surface area contributed by atoms with Crippen LogP contribution in [0.15, 0.2) is 58.7 Å². The Morgan fingerprint density at radius 1 is 1.32 bits per heavy atom. The fraction of sp³-hybridized carbons (Fsp3) is 0.158. The van der Waals surface area contributed by atoms with Crippen molar-refractivity contribution in [2.24, 2.45) is 10.2 Å². The molecule has 1 aliphatic rings. The van der Waals surface area contributed by atoms with Crippen LogP contribution in [0.1, 0.15) is 12.0 Å². The van der Waals surface area contributed by atoms with Gasteiger partial charge in [-0.1, -0.05) is 36.0 Å². The van der Waals surface area contributed by atoms with Crippen LogP contribution in [0.2, 0.25) is 0 Å². The summed E-state index contributed by atoms with van der Waals surface area (Å²) in [4.78, 5) is 24.3. The third-order valence-corrected chi connectivity index (χ3v) is 4.83. The fourth-order valence-electron chi connectivity index (χ4n) is 2.46. The number of carbonyl (C=O) groups excluding carboxylic acids is 2. The van der Waals surface area contributed by atoms with Crippen LogP contribution in [0.3, 0.4) is 0 Å². The summed E-state index contributed by atoms with van der Waals surface area (Å²) in [5.74, 6) is 0.0670. The summed E-state index contributed by atoms with van der Waals surface area (Å²) in [7, 11) is 1.52. The number of benzene rings is 2. The van der Waals surface area contributed by atoms with Gasteiger partial charge in [-0.2, -0.15) is 5.10 Å². The second-order valence-corrected chi connectivity index (χ2v) is 6.98. The van der Waals surface area contributed by atoms with Crippen molar-refractivity contribution in [1.29, 1.82) is 0 Å². The summed E-state index contributed by atoms with van der Waals surface area (Å²) in [5, 5.41) is 22.3. The van der Waals surface area contributed by atoms with E-state index in [4.69, 9.17) is 4.74 Å². The summed E-state index contributed by atoms with van der Waals surface area (Å²) in [6.45, 7) is 0. The Morgan fingerprint density at radius 3 is 2.93 bits per heavy atom. The van der Waals surface area contributed by atoms with E-state index in [0.29, 0.717) is 22.2 Å². The standard InChI is InChI=1S/C19H18N4O4S/c1-27-15-8-3-2-7-14(15)21-17(25)10-16-18(26)22-19(28-16)23-20-11-12-5-4-6-13(24)9-12/h2-9,11,16,24H,10H2,1H3,(H,21,25)(H,22,23,26)/b20-11-/t16-/m0/s1. The highest BCUT2D eigenvalue weighted by Crippen LogP contribution is 2.26. The van der Waals surface area contributed by atoms with Gasteiger partial charge in [0.2, 0.25) is 11.8 Å². The van der Waals surface area contributed by atoms with Gasteiger partial charge in [-0.15, -0.1) is 5.10 Å². The number of thioether (sulfide) groups is 1. The molecule has 1 saturated heterocycles. The number of anilines is 1. The number of methoxy groups -OCH3 is 1. The van der Waals surface area contributed by atoms with Gasteiger partial charge in [0.05, 0.1) is 19.0 Å². The zero-order valence-electron chi connectivity index (χ0n) is 15.0. The number of nitrogens with zero attached hydrogens (tertiary/aromatic N) is 2. The summed E-state index contributed by atoms with van der Waals surface area (Å²) >= 11 is 1.14. The predicted molar refractivity (Wildman–Crippen MR) is 109 cm³/mol. The van der Waals surface area contributed by atoms with E-state index < -0.39 is 5.25 Å². The van der Waals surface area contributed by atoms with Crippen LogP contribution in [0.25, 0.3) is 0 Å². The van der Waals surface area contributed by atoms with Gasteiger partial charge < -0.3 is 20.5 Å². The summed E-state index contributed by atoms with van der Waals surface area (Å²) in [5.41, 5.74) is 1.22. The van der Waals surface area contributed by atoms with E-state index in [0.717, 1.165) is 11.8 Å². The van der Waals surface area contributed by atoms with Crippen LogP contribution >= 0.6 is 11.8 Å². The number of nitrogens with one attached hydrogen (secondary N) is 2. The minimum absolute atomic E-state index is 0.0101. The minimum atomic E-state index is -0.593. The largest absolute Gasteiger partial charge is 0.508 e. The van der Waals surface area contributed by atoms with Crippen LogP contribution in [0.4, 0.5) is 5.69 Å². The van der Waals surface area contributed by atoms with E-state index in [1.54, 1.807) is 42.5 Å². The van der Waals surface area contributed by atoms with Crippen molar-refractivity contribution in [3.63, 3.8) is 0 Å². The molecule has 0 aromatic heterocycles. The molecule has 0 radical (unpaired) electrons. The molecule has 0 bridgehead atoms. The molecule has 2 aromatic carbocycles. The van der Waals surface area contributed by atoms with Gasteiger partial charge in [0.1, 0.15) is 16.7 Å². The molecule has 1 aliphatic heterocycles. The minimum Gasteiger partial charge on any atom is -0.508 e. The number of para-hydroxylation sites is 2. The maximum atomic E-state index is 12.3. The van der Waals surface area contributed by atoms with Crippen LogP contribution in [-0.4, -0.2) is 40.7 Å². The van der Waals surface area contributed by atoms with Crippen molar-refractivity contribution < 1.29 is 19.4 Å². The molecule has 28 heavy (non-hydrogen) atoms. The van der Waals surface area contributed by atoms with E-state index in [1.807, 2.05) is 0 Å². The lowest BCUT2D eigenvalue weighted by molar-refractivity contribution is -0.122. The number of hydrogen-bond donors (Lipinski definition) is 3. The fourth-order valence-corrected chi connectivity index (χ4v) is 3.38. The van der Waals surface area contributed by atoms with Gasteiger partial charge in [0.25, 0.3) is 0 Å². The van der Waals surface area contributed by atoms with Gasteiger partial charge in [0.15, 0.2) is 5.17 Å².